The van der Waals surface area contributed by atoms with Crippen LogP contribution in [0, 0.1) is 5.41 Å². The van der Waals surface area contributed by atoms with E-state index in [-0.39, 0.29) is 0 Å². The summed E-state index contributed by atoms with van der Waals surface area (Å²) in [4.78, 5) is 12.2. The standard InChI is InChI=1S/C20H37FO2/c1-7-8-9-10-11-12-13-14-15-23-18(22)20(21,16-17(2)3)19(4,5)6/h16H,7-15H2,1-6H3. The van der Waals surface area contributed by atoms with Crippen LogP contribution < -0.4 is 0 Å². The molecule has 0 N–H and O–H groups in total. The maximum absolute atomic E-state index is 15.1. The van der Waals surface area contributed by atoms with Crippen LogP contribution >= 0.6 is 0 Å². The molecule has 0 aliphatic carbocycles. The number of rotatable bonds is 11. The molecule has 0 heterocycles. The molecule has 0 aromatic carbocycles. The van der Waals surface area contributed by atoms with Gasteiger partial charge in [0.15, 0.2) is 0 Å². The highest BCUT2D eigenvalue weighted by Gasteiger charge is 2.49. The van der Waals surface area contributed by atoms with Crippen molar-refractivity contribution in [2.24, 2.45) is 5.41 Å². The Bertz CT molecular complexity index is 364. The first-order valence-electron chi connectivity index (χ1n) is 9.17. The van der Waals surface area contributed by atoms with Gasteiger partial charge in [0.1, 0.15) is 0 Å². The van der Waals surface area contributed by atoms with E-state index in [0.29, 0.717) is 6.61 Å². The van der Waals surface area contributed by atoms with E-state index in [1.165, 1.54) is 38.2 Å². The summed E-state index contributed by atoms with van der Waals surface area (Å²) < 4.78 is 20.4. The number of hydrogen-bond acceptors (Lipinski definition) is 2. The number of ether oxygens (including phenoxy) is 1. The fourth-order valence-corrected chi connectivity index (χ4v) is 2.49. The molecule has 0 aromatic heterocycles. The number of allylic oxidation sites excluding steroid dienone is 1. The van der Waals surface area contributed by atoms with E-state index >= 15 is 4.39 Å². The summed E-state index contributed by atoms with van der Waals surface area (Å²) in [6, 6.07) is 0. The molecule has 0 bridgehead atoms. The Balaban J connectivity index is 4.14. The number of carbonyl (C=O) groups excluding carboxylic acids is 1. The van der Waals surface area contributed by atoms with Gasteiger partial charge in [-0.2, -0.15) is 0 Å². The minimum Gasteiger partial charge on any atom is -0.463 e. The largest absolute Gasteiger partial charge is 0.463 e. The van der Waals surface area contributed by atoms with Crippen molar-refractivity contribution >= 4 is 5.97 Å². The first-order valence-corrected chi connectivity index (χ1v) is 9.17. The molecule has 0 fully saturated rings. The van der Waals surface area contributed by atoms with Crippen LogP contribution in [0.3, 0.4) is 0 Å². The molecule has 23 heavy (non-hydrogen) atoms. The van der Waals surface area contributed by atoms with Crippen LogP contribution in [-0.2, 0) is 9.53 Å². The number of carbonyl (C=O) groups is 1. The van der Waals surface area contributed by atoms with Gasteiger partial charge in [-0.1, -0.05) is 78.2 Å². The van der Waals surface area contributed by atoms with Gasteiger partial charge in [0.05, 0.1) is 6.61 Å². The zero-order valence-electron chi connectivity index (χ0n) is 16.1. The molecule has 0 saturated heterocycles. The van der Waals surface area contributed by atoms with Crippen molar-refractivity contribution in [3.63, 3.8) is 0 Å². The maximum atomic E-state index is 15.1. The molecule has 0 spiro atoms. The lowest BCUT2D eigenvalue weighted by Crippen LogP contribution is -2.45. The Morgan fingerprint density at radius 2 is 1.43 bits per heavy atom. The van der Waals surface area contributed by atoms with Crippen molar-refractivity contribution in [1.82, 2.24) is 0 Å². The summed E-state index contributed by atoms with van der Waals surface area (Å²) in [5.74, 6) is -0.755. The van der Waals surface area contributed by atoms with Crippen molar-refractivity contribution in [3.05, 3.63) is 11.6 Å². The minimum atomic E-state index is -2.06. The van der Waals surface area contributed by atoms with Crippen LogP contribution in [0.25, 0.3) is 0 Å². The zero-order valence-corrected chi connectivity index (χ0v) is 16.1. The molecule has 0 amide bonds. The summed E-state index contributed by atoms with van der Waals surface area (Å²) in [5.41, 5.74) is -2.10. The van der Waals surface area contributed by atoms with Gasteiger partial charge in [0, 0.05) is 5.41 Å². The highest BCUT2D eigenvalue weighted by molar-refractivity contribution is 5.83. The lowest BCUT2D eigenvalue weighted by molar-refractivity contribution is -0.161. The Hall–Kier alpha value is -0.860. The fourth-order valence-electron chi connectivity index (χ4n) is 2.49. The van der Waals surface area contributed by atoms with E-state index in [1.807, 2.05) is 0 Å². The molecule has 0 aliphatic rings. The monoisotopic (exact) mass is 328 g/mol. The Morgan fingerprint density at radius 1 is 0.957 bits per heavy atom. The van der Waals surface area contributed by atoms with E-state index in [9.17, 15) is 4.79 Å². The number of unbranched alkanes of at least 4 members (excludes halogenated alkanes) is 7. The molecule has 136 valence electrons. The van der Waals surface area contributed by atoms with E-state index in [1.54, 1.807) is 34.6 Å². The van der Waals surface area contributed by atoms with E-state index in [2.05, 4.69) is 6.92 Å². The topological polar surface area (TPSA) is 26.3 Å². The molecule has 3 heteroatoms. The average Bonchev–Trinajstić information content (AvgIpc) is 2.43. The summed E-state index contributed by atoms with van der Waals surface area (Å²) >= 11 is 0. The Labute approximate surface area is 142 Å². The molecule has 0 aromatic rings. The van der Waals surface area contributed by atoms with Crippen molar-refractivity contribution in [2.75, 3.05) is 6.61 Å². The fraction of sp³-hybridized carbons (Fsp3) is 0.850. The van der Waals surface area contributed by atoms with E-state index < -0.39 is 17.1 Å². The molecule has 0 aliphatic heterocycles. The van der Waals surface area contributed by atoms with Crippen LogP contribution in [0.15, 0.2) is 11.6 Å². The van der Waals surface area contributed by atoms with Crippen molar-refractivity contribution in [1.29, 1.82) is 0 Å². The second kappa shape index (κ2) is 10.8. The smallest absolute Gasteiger partial charge is 0.348 e. The predicted octanol–water partition coefficient (Wildman–Crippen LogP) is 6.39. The SMILES string of the molecule is CCCCCCCCCCOC(=O)C(F)(C=C(C)C)C(C)(C)C. The van der Waals surface area contributed by atoms with Gasteiger partial charge in [-0.15, -0.1) is 0 Å². The van der Waals surface area contributed by atoms with Gasteiger partial charge in [0.2, 0.25) is 5.67 Å². The molecular weight excluding hydrogens is 291 g/mol. The lowest BCUT2D eigenvalue weighted by atomic mass is 9.77. The van der Waals surface area contributed by atoms with Gasteiger partial charge >= 0.3 is 5.97 Å². The molecule has 1 atom stereocenters. The third-order valence-corrected chi connectivity index (χ3v) is 4.11. The molecular formula is C20H37FO2. The van der Waals surface area contributed by atoms with Crippen molar-refractivity contribution < 1.29 is 13.9 Å². The quantitative estimate of drug-likeness (QED) is 0.249. The van der Waals surface area contributed by atoms with Crippen molar-refractivity contribution in [3.8, 4) is 0 Å². The normalized spacial score (nSPS) is 14.2. The average molecular weight is 329 g/mol. The summed E-state index contributed by atoms with van der Waals surface area (Å²) in [5, 5.41) is 0. The third kappa shape index (κ3) is 8.53. The second-order valence-corrected chi connectivity index (χ2v) is 7.79. The van der Waals surface area contributed by atoms with Gasteiger partial charge in [0.25, 0.3) is 0 Å². The van der Waals surface area contributed by atoms with Gasteiger partial charge in [-0.25, -0.2) is 9.18 Å². The molecule has 0 saturated carbocycles. The van der Waals surface area contributed by atoms with Crippen LogP contribution in [0.2, 0.25) is 0 Å². The molecule has 2 nitrogen and oxygen atoms in total. The Morgan fingerprint density at radius 3 is 1.87 bits per heavy atom. The number of alkyl halides is 1. The molecule has 1 unspecified atom stereocenters. The number of esters is 1. The minimum absolute atomic E-state index is 0.312. The van der Waals surface area contributed by atoms with Crippen LogP contribution in [-0.4, -0.2) is 18.2 Å². The molecule has 0 radical (unpaired) electrons. The zero-order chi connectivity index (χ0) is 17.9. The first-order chi connectivity index (χ1) is 10.6. The van der Waals surface area contributed by atoms with Crippen molar-refractivity contribution in [2.45, 2.75) is 98.6 Å². The summed E-state index contributed by atoms with van der Waals surface area (Å²) in [6.07, 6.45) is 10.8. The molecule has 0 rings (SSSR count). The van der Waals surface area contributed by atoms with E-state index in [4.69, 9.17) is 4.74 Å². The highest BCUT2D eigenvalue weighted by Crippen LogP contribution is 2.37. The number of hydrogen-bond donors (Lipinski definition) is 0. The lowest BCUT2D eigenvalue weighted by Gasteiger charge is -2.33. The van der Waals surface area contributed by atoms with Crippen LogP contribution in [0.5, 0.6) is 0 Å². The van der Waals surface area contributed by atoms with Gasteiger partial charge < -0.3 is 4.74 Å². The summed E-state index contributed by atoms with van der Waals surface area (Å²) in [7, 11) is 0. The van der Waals surface area contributed by atoms with Gasteiger partial charge in [-0.3, -0.25) is 0 Å². The third-order valence-electron chi connectivity index (χ3n) is 4.11. The van der Waals surface area contributed by atoms with Gasteiger partial charge in [-0.05, 0) is 26.3 Å². The Kier molecular flexibility index (Phi) is 10.4. The predicted molar refractivity (Wildman–Crippen MR) is 96.3 cm³/mol. The maximum Gasteiger partial charge on any atom is 0.348 e. The highest BCUT2D eigenvalue weighted by atomic mass is 19.1. The second-order valence-electron chi connectivity index (χ2n) is 7.79. The summed E-state index contributed by atoms with van der Waals surface area (Å²) in [6.45, 7) is 11.3. The van der Waals surface area contributed by atoms with Crippen LogP contribution in [0.1, 0.15) is 92.9 Å². The first kappa shape index (κ1) is 22.1. The van der Waals surface area contributed by atoms with E-state index in [0.717, 1.165) is 24.8 Å². The number of halogens is 1. The van der Waals surface area contributed by atoms with Crippen LogP contribution in [0.4, 0.5) is 4.39 Å².